The van der Waals surface area contributed by atoms with E-state index in [2.05, 4.69) is 5.32 Å². The lowest BCUT2D eigenvalue weighted by Gasteiger charge is -2.22. The number of likely N-dealkylation sites (N-methyl/N-ethyl adjacent to an activating group) is 1. The minimum atomic E-state index is -0.251. The highest BCUT2D eigenvalue weighted by atomic mass is 19.1. The molecule has 0 atom stereocenters. The van der Waals surface area contributed by atoms with Gasteiger partial charge in [0.2, 0.25) is 0 Å². The van der Waals surface area contributed by atoms with E-state index in [1.165, 1.54) is 6.07 Å². The predicted octanol–water partition coefficient (Wildman–Crippen LogP) is 0.974. The van der Waals surface area contributed by atoms with Gasteiger partial charge < -0.3 is 15.3 Å². The third kappa shape index (κ3) is 2.91. The smallest absolute Gasteiger partial charge is 0.146 e. The maximum atomic E-state index is 13.6. The summed E-state index contributed by atoms with van der Waals surface area (Å²) in [5, 5.41) is 11.8. The van der Waals surface area contributed by atoms with Crippen molar-refractivity contribution in [2.24, 2.45) is 0 Å². The number of benzene rings is 1. The van der Waals surface area contributed by atoms with Gasteiger partial charge in [0.1, 0.15) is 5.82 Å². The fourth-order valence-electron chi connectivity index (χ4n) is 1.58. The molecule has 84 valence electrons. The van der Waals surface area contributed by atoms with E-state index in [-0.39, 0.29) is 12.4 Å². The first kappa shape index (κ1) is 11.9. The number of hydrogen-bond donors (Lipinski definition) is 2. The number of anilines is 1. The maximum Gasteiger partial charge on any atom is 0.146 e. The molecule has 0 fully saturated rings. The second-order valence-corrected chi connectivity index (χ2v) is 3.42. The summed E-state index contributed by atoms with van der Waals surface area (Å²) in [5.74, 6) is -0.251. The highest BCUT2D eigenvalue weighted by Crippen LogP contribution is 2.23. The van der Waals surface area contributed by atoms with Crippen molar-refractivity contribution in [1.29, 1.82) is 0 Å². The van der Waals surface area contributed by atoms with Gasteiger partial charge in [-0.05, 0) is 18.7 Å². The van der Waals surface area contributed by atoms with Gasteiger partial charge in [-0.25, -0.2) is 4.39 Å². The molecule has 0 aliphatic heterocycles. The van der Waals surface area contributed by atoms with Crippen LogP contribution < -0.4 is 10.2 Å². The van der Waals surface area contributed by atoms with Gasteiger partial charge in [0, 0.05) is 20.1 Å². The van der Waals surface area contributed by atoms with E-state index in [0.717, 1.165) is 5.56 Å². The van der Waals surface area contributed by atoms with Crippen LogP contribution in [0, 0.1) is 5.82 Å². The van der Waals surface area contributed by atoms with E-state index in [9.17, 15) is 4.39 Å². The zero-order valence-corrected chi connectivity index (χ0v) is 9.13. The predicted molar refractivity (Wildman–Crippen MR) is 59.5 cm³/mol. The summed E-state index contributed by atoms with van der Waals surface area (Å²) in [6, 6.07) is 5.00. The number of halogens is 1. The Hall–Kier alpha value is -1.13. The van der Waals surface area contributed by atoms with Crippen LogP contribution in [0.25, 0.3) is 0 Å². The standard InChI is InChI=1S/C11H17FN2O/c1-13-8-9-4-3-5-10(12)11(9)14(2)6-7-15/h3-5,13,15H,6-8H2,1-2H3. The molecule has 1 aromatic carbocycles. The highest BCUT2D eigenvalue weighted by molar-refractivity contribution is 5.54. The van der Waals surface area contributed by atoms with Crippen LogP contribution in [-0.4, -0.2) is 32.4 Å². The van der Waals surface area contributed by atoms with Gasteiger partial charge in [0.15, 0.2) is 0 Å². The molecule has 0 radical (unpaired) electrons. The molecule has 0 saturated heterocycles. The minimum Gasteiger partial charge on any atom is -0.395 e. The van der Waals surface area contributed by atoms with Gasteiger partial charge >= 0.3 is 0 Å². The summed E-state index contributed by atoms with van der Waals surface area (Å²) < 4.78 is 13.6. The van der Waals surface area contributed by atoms with E-state index in [1.54, 1.807) is 18.0 Å². The normalized spacial score (nSPS) is 10.4. The van der Waals surface area contributed by atoms with Crippen LogP contribution in [-0.2, 0) is 6.54 Å². The number of rotatable bonds is 5. The zero-order valence-electron chi connectivity index (χ0n) is 9.13. The van der Waals surface area contributed by atoms with Crippen molar-refractivity contribution < 1.29 is 9.50 Å². The third-order valence-electron chi connectivity index (χ3n) is 2.25. The summed E-state index contributed by atoms with van der Waals surface area (Å²) in [4.78, 5) is 1.72. The van der Waals surface area contributed by atoms with Crippen molar-refractivity contribution in [3.8, 4) is 0 Å². The van der Waals surface area contributed by atoms with Crippen molar-refractivity contribution in [3.63, 3.8) is 0 Å². The summed E-state index contributed by atoms with van der Waals surface area (Å²) in [5.41, 5.74) is 1.45. The first-order valence-electron chi connectivity index (χ1n) is 4.94. The summed E-state index contributed by atoms with van der Waals surface area (Å²) >= 11 is 0. The first-order chi connectivity index (χ1) is 7.20. The van der Waals surface area contributed by atoms with E-state index in [4.69, 9.17) is 5.11 Å². The van der Waals surface area contributed by atoms with Gasteiger partial charge in [0.25, 0.3) is 0 Å². The Bertz CT molecular complexity index is 317. The number of aliphatic hydroxyl groups excluding tert-OH is 1. The van der Waals surface area contributed by atoms with Crippen LogP contribution in [0.1, 0.15) is 5.56 Å². The summed E-state index contributed by atoms with van der Waals surface area (Å²) in [6.45, 7) is 1.06. The van der Waals surface area contributed by atoms with Gasteiger partial charge in [-0.2, -0.15) is 0 Å². The van der Waals surface area contributed by atoms with Gasteiger partial charge in [-0.15, -0.1) is 0 Å². The molecule has 0 aliphatic carbocycles. The summed E-state index contributed by atoms with van der Waals surface area (Å²) in [7, 11) is 3.59. The molecular weight excluding hydrogens is 195 g/mol. The van der Waals surface area contributed by atoms with Gasteiger partial charge in [-0.1, -0.05) is 12.1 Å². The second-order valence-electron chi connectivity index (χ2n) is 3.42. The lowest BCUT2D eigenvalue weighted by Crippen LogP contribution is -2.24. The van der Waals surface area contributed by atoms with Crippen molar-refractivity contribution >= 4 is 5.69 Å². The zero-order chi connectivity index (χ0) is 11.3. The Balaban J connectivity index is 3.00. The van der Waals surface area contributed by atoms with Crippen LogP contribution in [0.5, 0.6) is 0 Å². The summed E-state index contributed by atoms with van der Waals surface area (Å²) in [6.07, 6.45) is 0. The molecule has 15 heavy (non-hydrogen) atoms. The number of nitrogens with one attached hydrogen (secondary N) is 1. The fourth-order valence-corrected chi connectivity index (χ4v) is 1.58. The van der Waals surface area contributed by atoms with E-state index in [1.807, 2.05) is 13.1 Å². The van der Waals surface area contributed by atoms with E-state index in [0.29, 0.717) is 18.8 Å². The maximum absolute atomic E-state index is 13.6. The largest absolute Gasteiger partial charge is 0.395 e. The van der Waals surface area contributed by atoms with Crippen molar-refractivity contribution in [3.05, 3.63) is 29.6 Å². The molecule has 0 amide bonds. The third-order valence-corrected chi connectivity index (χ3v) is 2.25. The molecule has 0 bridgehead atoms. The second kappa shape index (κ2) is 5.68. The van der Waals surface area contributed by atoms with Crippen LogP contribution in [0.15, 0.2) is 18.2 Å². The van der Waals surface area contributed by atoms with Crippen LogP contribution in [0.2, 0.25) is 0 Å². The lowest BCUT2D eigenvalue weighted by molar-refractivity contribution is 0.303. The molecule has 0 unspecified atom stereocenters. The molecule has 0 aromatic heterocycles. The first-order valence-corrected chi connectivity index (χ1v) is 4.94. The Kier molecular flexibility index (Phi) is 4.52. The van der Waals surface area contributed by atoms with Gasteiger partial charge in [0.05, 0.1) is 12.3 Å². The number of nitrogens with zero attached hydrogens (tertiary/aromatic N) is 1. The molecule has 0 heterocycles. The van der Waals surface area contributed by atoms with Gasteiger partial charge in [-0.3, -0.25) is 0 Å². The monoisotopic (exact) mass is 212 g/mol. The lowest BCUT2D eigenvalue weighted by atomic mass is 10.1. The molecular formula is C11H17FN2O. The van der Waals surface area contributed by atoms with Crippen molar-refractivity contribution in [1.82, 2.24) is 5.32 Å². The Morgan fingerprint density at radius 3 is 2.80 bits per heavy atom. The average Bonchev–Trinajstić information content (AvgIpc) is 2.18. The Morgan fingerprint density at radius 1 is 1.47 bits per heavy atom. The average molecular weight is 212 g/mol. The molecule has 3 nitrogen and oxygen atoms in total. The molecule has 2 N–H and O–H groups in total. The number of para-hydroxylation sites is 1. The van der Waals surface area contributed by atoms with Crippen molar-refractivity contribution in [2.45, 2.75) is 6.54 Å². The topological polar surface area (TPSA) is 35.5 Å². The molecule has 0 aliphatic rings. The fraction of sp³-hybridized carbons (Fsp3) is 0.455. The molecule has 1 aromatic rings. The Morgan fingerprint density at radius 2 is 2.20 bits per heavy atom. The molecule has 0 saturated carbocycles. The molecule has 1 rings (SSSR count). The van der Waals surface area contributed by atoms with Crippen molar-refractivity contribution in [2.75, 3.05) is 32.1 Å². The highest BCUT2D eigenvalue weighted by Gasteiger charge is 2.11. The number of aliphatic hydroxyl groups is 1. The molecule has 4 heteroatoms. The van der Waals surface area contributed by atoms with Crippen LogP contribution >= 0.6 is 0 Å². The number of hydrogen-bond acceptors (Lipinski definition) is 3. The quantitative estimate of drug-likeness (QED) is 0.763. The van der Waals surface area contributed by atoms with Crippen LogP contribution in [0.4, 0.5) is 10.1 Å². The molecule has 0 spiro atoms. The Labute approximate surface area is 89.5 Å². The minimum absolute atomic E-state index is 0.0177. The van der Waals surface area contributed by atoms with E-state index >= 15 is 0 Å². The van der Waals surface area contributed by atoms with Crippen LogP contribution in [0.3, 0.4) is 0 Å². The SMILES string of the molecule is CNCc1cccc(F)c1N(C)CCO. The van der Waals surface area contributed by atoms with E-state index < -0.39 is 0 Å².